The Kier molecular flexibility index (Phi) is 5.25. The van der Waals surface area contributed by atoms with Crippen LogP contribution in [0.25, 0.3) is 11.0 Å². The van der Waals surface area contributed by atoms with Crippen LogP contribution in [0, 0.1) is 23.6 Å². The Morgan fingerprint density at radius 1 is 1.24 bits per heavy atom. The molecule has 2 aromatic heterocycles. The molecule has 2 amide bonds. The van der Waals surface area contributed by atoms with Gasteiger partial charge in [0.05, 0.1) is 5.39 Å². The van der Waals surface area contributed by atoms with Crippen molar-refractivity contribution in [3.63, 3.8) is 0 Å². The summed E-state index contributed by atoms with van der Waals surface area (Å²) in [6.07, 6.45) is 3.15. The summed E-state index contributed by atoms with van der Waals surface area (Å²) in [6, 6.07) is 11.0. The minimum atomic E-state index is -0.387. The summed E-state index contributed by atoms with van der Waals surface area (Å²) >= 11 is 0. The summed E-state index contributed by atoms with van der Waals surface area (Å²) in [4.78, 5) is 32.7. The molecule has 29 heavy (non-hydrogen) atoms. The van der Waals surface area contributed by atoms with E-state index in [9.17, 15) is 14.0 Å². The van der Waals surface area contributed by atoms with Crippen LogP contribution in [0.3, 0.4) is 0 Å². The van der Waals surface area contributed by atoms with Crippen LogP contribution in [-0.4, -0.2) is 39.8 Å². The normalized spacial score (nSPS) is 13.5. The molecule has 0 spiro atoms. The quantitative estimate of drug-likeness (QED) is 0.671. The molecule has 0 aliphatic carbocycles. The van der Waals surface area contributed by atoms with Crippen LogP contribution < -0.4 is 5.32 Å². The fraction of sp³-hybridized carbons (Fsp3) is 0.227. The molecule has 1 aromatic carbocycles. The number of halogens is 1. The second kappa shape index (κ2) is 8.15. The molecule has 1 fully saturated rings. The van der Waals surface area contributed by atoms with Gasteiger partial charge >= 0.3 is 0 Å². The van der Waals surface area contributed by atoms with Gasteiger partial charge in [0.1, 0.15) is 11.5 Å². The lowest BCUT2D eigenvalue weighted by molar-refractivity contribution is -0.134. The number of nitrogens with one attached hydrogen (secondary N) is 2. The molecule has 7 heteroatoms. The Morgan fingerprint density at radius 3 is 2.83 bits per heavy atom. The first kappa shape index (κ1) is 18.7. The average molecular weight is 390 g/mol. The molecule has 0 bridgehead atoms. The molecule has 0 radical (unpaired) electrons. The third kappa shape index (κ3) is 4.27. The molecular formula is C22H19FN4O2. The Labute approximate surface area is 167 Å². The Hall–Kier alpha value is -3.66. The third-order valence-electron chi connectivity index (χ3n) is 4.89. The van der Waals surface area contributed by atoms with E-state index in [2.05, 4.69) is 27.1 Å². The Balaban J connectivity index is 1.24. The number of carbonyl (C=O) groups excluding carboxylic acids is 2. The van der Waals surface area contributed by atoms with E-state index in [-0.39, 0.29) is 30.1 Å². The number of pyridine rings is 1. The average Bonchev–Trinajstić information content (AvgIpc) is 3.09. The lowest BCUT2D eigenvalue weighted by atomic mass is 9.96. The number of carbonyl (C=O) groups is 2. The SMILES string of the molecule is O=C(CC1CN(C(=O)C#Cc2ccccc2)C1)NCc1ccnc2[nH]cc(F)c12. The summed E-state index contributed by atoms with van der Waals surface area (Å²) in [6.45, 7) is 1.26. The largest absolute Gasteiger partial charge is 0.352 e. The van der Waals surface area contributed by atoms with E-state index in [1.807, 2.05) is 30.3 Å². The lowest BCUT2D eigenvalue weighted by Gasteiger charge is -2.37. The number of hydrogen-bond donors (Lipinski definition) is 2. The van der Waals surface area contributed by atoms with Gasteiger partial charge in [-0.15, -0.1) is 0 Å². The Morgan fingerprint density at radius 2 is 2.03 bits per heavy atom. The number of aromatic nitrogens is 2. The van der Waals surface area contributed by atoms with Crippen molar-refractivity contribution in [3.8, 4) is 11.8 Å². The van der Waals surface area contributed by atoms with Crippen LogP contribution in [0.4, 0.5) is 4.39 Å². The van der Waals surface area contributed by atoms with Crippen molar-refractivity contribution in [2.24, 2.45) is 5.92 Å². The molecule has 6 nitrogen and oxygen atoms in total. The molecule has 1 aliphatic heterocycles. The molecule has 0 unspecified atom stereocenters. The summed E-state index contributed by atoms with van der Waals surface area (Å²) < 4.78 is 13.9. The topological polar surface area (TPSA) is 78.1 Å². The van der Waals surface area contributed by atoms with Gasteiger partial charge < -0.3 is 15.2 Å². The van der Waals surface area contributed by atoms with Crippen molar-refractivity contribution in [1.29, 1.82) is 0 Å². The summed E-state index contributed by atoms with van der Waals surface area (Å²) in [5.74, 6) is 4.85. The Bertz CT molecular complexity index is 1110. The second-order valence-corrected chi connectivity index (χ2v) is 7.00. The van der Waals surface area contributed by atoms with E-state index in [1.165, 1.54) is 6.20 Å². The molecule has 2 N–H and O–H groups in total. The second-order valence-electron chi connectivity index (χ2n) is 7.00. The number of nitrogens with zero attached hydrogens (tertiary/aromatic N) is 2. The number of benzene rings is 1. The van der Waals surface area contributed by atoms with Crippen molar-refractivity contribution in [2.75, 3.05) is 13.1 Å². The van der Waals surface area contributed by atoms with Gasteiger partial charge in [-0.1, -0.05) is 24.1 Å². The molecule has 1 saturated heterocycles. The molecule has 0 atom stereocenters. The number of fused-ring (bicyclic) bond motifs is 1. The van der Waals surface area contributed by atoms with Gasteiger partial charge in [-0.25, -0.2) is 9.37 Å². The highest BCUT2D eigenvalue weighted by atomic mass is 19.1. The maximum absolute atomic E-state index is 13.9. The number of hydrogen-bond acceptors (Lipinski definition) is 3. The first-order valence-corrected chi connectivity index (χ1v) is 9.33. The first-order valence-electron chi connectivity index (χ1n) is 9.33. The molecule has 3 aromatic rings. The van der Waals surface area contributed by atoms with Gasteiger partial charge in [0.15, 0.2) is 0 Å². The number of likely N-dealkylation sites (tertiary alicyclic amines) is 1. The summed E-state index contributed by atoms with van der Waals surface area (Å²) in [5, 5.41) is 3.21. The molecule has 4 rings (SSSR count). The third-order valence-corrected chi connectivity index (χ3v) is 4.89. The van der Waals surface area contributed by atoms with E-state index in [0.29, 0.717) is 36.1 Å². The molecule has 3 heterocycles. The summed E-state index contributed by atoms with van der Waals surface area (Å²) in [5.41, 5.74) is 1.92. The standard InChI is InChI=1S/C22H19FN4O2/c23-18-12-26-22-21(18)17(8-9-24-22)11-25-19(28)10-16-13-27(14-16)20(29)7-6-15-4-2-1-3-5-15/h1-5,8-9,12,16H,10-11,13-14H2,(H,24,26)(H,25,28). The van der Waals surface area contributed by atoms with Crippen LogP contribution in [0.2, 0.25) is 0 Å². The molecule has 1 aliphatic rings. The first-order chi connectivity index (χ1) is 14.1. The zero-order valence-electron chi connectivity index (χ0n) is 15.6. The molecule has 0 saturated carbocycles. The highest BCUT2D eigenvalue weighted by Crippen LogP contribution is 2.21. The van der Waals surface area contributed by atoms with Crippen molar-refractivity contribution >= 4 is 22.8 Å². The zero-order chi connectivity index (χ0) is 20.2. The van der Waals surface area contributed by atoms with E-state index in [1.54, 1.807) is 17.2 Å². The predicted octanol–water partition coefficient (Wildman–Crippen LogP) is 2.22. The minimum Gasteiger partial charge on any atom is -0.352 e. The van der Waals surface area contributed by atoms with E-state index < -0.39 is 0 Å². The minimum absolute atomic E-state index is 0.110. The van der Waals surface area contributed by atoms with Crippen LogP contribution in [0.1, 0.15) is 17.5 Å². The maximum Gasteiger partial charge on any atom is 0.298 e. The predicted molar refractivity (Wildman–Crippen MR) is 106 cm³/mol. The summed E-state index contributed by atoms with van der Waals surface area (Å²) in [7, 11) is 0. The van der Waals surface area contributed by atoms with Gasteiger partial charge in [-0.2, -0.15) is 0 Å². The number of rotatable bonds is 4. The fourth-order valence-electron chi connectivity index (χ4n) is 3.35. The van der Waals surface area contributed by atoms with Crippen LogP contribution in [-0.2, 0) is 16.1 Å². The van der Waals surface area contributed by atoms with Crippen LogP contribution >= 0.6 is 0 Å². The van der Waals surface area contributed by atoms with Crippen molar-refractivity contribution < 1.29 is 14.0 Å². The smallest absolute Gasteiger partial charge is 0.298 e. The molecule has 146 valence electrons. The van der Waals surface area contributed by atoms with Gasteiger partial charge in [-0.3, -0.25) is 9.59 Å². The number of aromatic amines is 1. The van der Waals surface area contributed by atoms with Crippen molar-refractivity contribution in [1.82, 2.24) is 20.2 Å². The maximum atomic E-state index is 13.9. The lowest BCUT2D eigenvalue weighted by Crippen LogP contribution is -2.50. The number of amides is 2. The van der Waals surface area contributed by atoms with Gasteiger partial charge in [0.25, 0.3) is 5.91 Å². The van der Waals surface area contributed by atoms with Gasteiger partial charge in [0, 0.05) is 55.9 Å². The highest BCUT2D eigenvalue weighted by Gasteiger charge is 2.31. The van der Waals surface area contributed by atoms with Crippen molar-refractivity contribution in [3.05, 3.63) is 65.7 Å². The van der Waals surface area contributed by atoms with E-state index in [4.69, 9.17) is 0 Å². The van der Waals surface area contributed by atoms with E-state index >= 15 is 0 Å². The fourth-order valence-corrected chi connectivity index (χ4v) is 3.35. The van der Waals surface area contributed by atoms with Crippen molar-refractivity contribution in [2.45, 2.75) is 13.0 Å². The van der Waals surface area contributed by atoms with E-state index in [0.717, 1.165) is 5.56 Å². The van der Waals surface area contributed by atoms with Crippen LogP contribution in [0.5, 0.6) is 0 Å². The highest BCUT2D eigenvalue weighted by molar-refractivity contribution is 5.94. The van der Waals surface area contributed by atoms with Gasteiger partial charge in [-0.05, 0) is 23.8 Å². The van der Waals surface area contributed by atoms with Gasteiger partial charge in [0.2, 0.25) is 5.91 Å². The molecular weight excluding hydrogens is 371 g/mol. The van der Waals surface area contributed by atoms with Crippen LogP contribution in [0.15, 0.2) is 48.8 Å². The zero-order valence-corrected chi connectivity index (χ0v) is 15.6. The number of H-pyrrole nitrogens is 1. The monoisotopic (exact) mass is 390 g/mol.